The molecule has 3 aromatic rings. The molecule has 6 rings (SSSR count). The van der Waals surface area contributed by atoms with Gasteiger partial charge in [0.15, 0.2) is 23.1 Å². The number of halogens is 1. The normalized spacial score (nSPS) is 23.8. The molecule has 0 bridgehead atoms. The highest BCUT2D eigenvalue weighted by Crippen LogP contribution is 2.51. The summed E-state index contributed by atoms with van der Waals surface area (Å²) in [7, 11) is 0.523. The van der Waals surface area contributed by atoms with Crippen LogP contribution in [0.25, 0.3) is 11.6 Å². The Kier molecular flexibility index (Phi) is 8.13. The standard InChI is InChI=1S/C34H32BIO6/c1-19-14-25-31(33(38)24-11-7-6-10-23(24)32(25)37)26-18-35(40)42-28(30(19)26)13-12-22(21-8-4-3-5-9-21)15-20-16-27(36)34(39)29(17-20)41-2/h3-11,15-17,25-26,28,31,39-40H,12-14,18H2,1-2H3/b22-15-/t25-,26+,28-,31-/m1/s1. The van der Waals surface area contributed by atoms with Gasteiger partial charge in [0, 0.05) is 23.0 Å². The number of benzene rings is 3. The number of methoxy groups -OCH3 is 1. The van der Waals surface area contributed by atoms with Crippen LogP contribution in [0.2, 0.25) is 6.32 Å². The van der Waals surface area contributed by atoms with Crippen LogP contribution in [0.1, 0.15) is 58.0 Å². The number of ether oxygens (including phenoxy) is 1. The molecule has 1 aliphatic heterocycles. The van der Waals surface area contributed by atoms with Gasteiger partial charge in [0.25, 0.3) is 0 Å². The van der Waals surface area contributed by atoms with E-state index in [1.165, 1.54) is 7.11 Å². The van der Waals surface area contributed by atoms with E-state index in [0.29, 0.717) is 46.0 Å². The Labute approximate surface area is 259 Å². The van der Waals surface area contributed by atoms with Gasteiger partial charge in [-0.3, -0.25) is 9.59 Å². The molecule has 0 spiro atoms. The van der Waals surface area contributed by atoms with Crippen LogP contribution in [0.15, 0.2) is 77.9 Å². The number of hydrogen-bond acceptors (Lipinski definition) is 6. The molecule has 4 atom stereocenters. The first-order valence-corrected chi connectivity index (χ1v) is 15.4. The van der Waals surface area contributed by atoms with Gasteiger partial charge < -0.3 is 19.5 Å². The van der Waals surface area contributed by atoms with Crippen LogP contribution in [0.5, 0.6) is 11.5 Å². The van der Waals surface area contributed by atoms with E-state index in [1.807, 2.05) is 43.3 Å². The number of ketones is 2. The summed E-state index contributed by atoms with van der Waals surface area (Å²) < 4.78 is 12.2. The summed E-state index contributed by atoms with van der Waals surface area (Å²) in [5.74, 6) is -0.578. The SMILES string of the molecule is COc1cc(/C=C(/CC[C@H]2OB(O)C[C@H]3C2=C(C)C[C@H]2C(=O)c4ccccc4C(=O)[C@H]23)c2ccccc2)cc(I)c1O. The van der Waals surface area contributed by atoms with Gasteiger partial charge in [-0.15, -0.1) is 0 Å². The Morgan fingerprint density at radius 3 is 2.45 bits per heavy atom. The van der Waals surface area contributed by atoms with Crippen LogP contribution in [0, 0.1) is 21.3 Å². The number of rotatable bonds is 6. The smallest absolute Gasteiger partial charge is 0.455 e. The zero-order valence-corrected chi connectivity index (χ0v) is 25.7. The van der Waals surface area contributed by atoms with Crippen molar-refractivity contribution in [3.63, 3.8) is 0 Å². The number of carbonyl (C=O) groups excluding carboxylic acids is 2. The van der Waals surface area contributed by atoms with Gasteiger partial charge in [0.1, 0.15) is 0 Å². The van der Waals surface area contributed by atoms with Crippen molar-refractivity contribution in [3.05, 3.63) is 104 Å². The van der Waals surface area contributed by atoms with Crippen LogP contribution in [0.3, 0.4) is 0 Å². The summed E-state index contributed by atoms with van der Waals surface area (Å²) in [5, 5.41) is 21.2. The second kappa shape index (κ2) is 11.8. The average molecular weight is 674 g/mol. The Morgan fingerprint density at radius 2 is 1.74 bits per heavy atom. The minimum absolute atomic E-state index is 0.00111. The van der Waals surface area contributed by atoms with Crippen molar-refractivity contribution in [1.82, 2.24) is 0 Å². The molecule has 0 radical (unpaired) electrons. The van der Waals surface area contributed by atoms with Crippen LogP contribution in [-0.2, 0) is 4.65 Å². The summed E-state index contributed by atoms with van der Waals surface area (Å²) in [6, 6.07) is 20.9. The van der Waals surface area contributed by atoms with Crippen molar-refractivity contribution in [3.8, 4) is 11.5 Å². The molecule has 1 saturated heterocycles. The third-order valence-electron chi connectivity index (χ3n) is 8.94. The van der Waals surface area contributed by atoms with E-state index in [-0.39, 0.29) is 29.3 Å². The maximum Gasteiger partial charge on any atom is 0.455 e. The van der Waals surface area contributed by atoms with Crippen LogP contribution < -0.4 is 4.74 Å². The minimum Gasteiger partial charge on any atom is -0.504 e. The lowest BCUT2D eigenvalue weighted by atomic mass is 9.54. The molecule has 2 aliphatic carbocycles. The van der Waals surface area contributed by atoms with Crippen LogP contribution in [0.4, 0.5) is 0 Å². The topological polar surface area (TPSA) is 93.1 Å². The highest BCUT2D eigenvalue weighted by Gasteiger charge is 2.52. The van der Waals surface area contributed by atoms with Gasteiger partial charge in [-0.1, -0.05) is 66.2 Å². The lowest BCUT2D eigenvalue weighted by molar-refractivity contribution is 0.0602. The fourth-order valence-corrected chi connectivity index (χ4v) is 7.72. The maximum atomic E-state index is 13.8. The molecule has 8 heteroatoms. The Hall–Kier alpha value is -3.21. The molecular formula is C34H32BIO6. The Morgan fingerprint density at radius 1 is 1.05 bits per heavy atom. The lowest BCUT2D eigenvalue weighted by Crippen LogP contribution is -2.50. The number of aromatic hydroxyl groups is 1. The number of Topliss-reactive ketones (excluding diaryl/α,β-unsaturated/α-hetero) is 2. The predicted octanol–water partition coefficient (Wildman–Crippen LogP) is 6.85. The largest absolute Gasteiger partial charge is 0.504 e. The van der Waals surface area contributed by atoms with Gasteiger partial charge in [0.2, 0.25) is 0 Å². The van der Waals surface area contributed by atoms with Gasteiger partial charge in [-0.25, -0.2) is 0 Å². The molecular weight excluding hydrogens is 642 g/mol. The fraction of sp³-hybridized carbons (Fsp3) is 0.294. The van der Waals surface area contributed by atoms with Gasteiger partial charge >= 0.3 is 7.12 Å². The van der Waals surface area contributed by atoms with Crippen LogP contribution >= 0.6 is 22.6 Å². The molecule has 0 unspecified atom stereocenters. The number of phenols is 1. The molecule has 3 aromatic carbocycles. The molecule has 1 heterocycles. The predicted molar refractivity (Wildman–Crippen MR) is 171 cm³/mol. The van der Waals surface area contributed by atoms with Gasteiger partial charge in [-0.05, 0) is 95.4 Å². The Balaban J connectivity index is 1.33. The average Bonchev–Trinajstić information content (AvgIpc) is 2.99. The number of allylic oxidation sites excluding steroid dienone is 2. The highest BCUT2D eigenvalue weighted by atomic mass is 127. The van der Waals surface area contributed by atoms with Crippen molar-refractivity contribution >= 4 is 52.9 Å². The minimum atomic E-state index is -1.01. The second-order valence-electron chi connectivity index (χ2n) is 11.4. The zero-order valence-electron chi connectivity index (χ0n) is 23.5. The van der Waals surface area contributed by atoms with Gasteiger partial charge in [0.05, 0.1) is 16.8 Å². The second-order valence-corrected chi connectivity index (χ2v) is 12.6. The monoisotopic (exact) mass is 674 g/mol. The zero-order chi connectivity index (χ0) is 29.5. The number of fused-ring (bicyclic) bond motifs is 4. The summed E-state index contributed by atoms with van der Waals surface area (Å²) in [4.78, 5) is 27.3. The summed E-state index contributed by atoms with van der Waals surface area (Å²) in [5.41, 5.74) is 6.19. The molecule has 6 nitrogen and oxygen atoms in total. The van der Waals surface area contributed by atoms with E-state index in [4.69, 9.17) is 9.39 Å². The van der Waals surface area contributed by atoms with Crippen molar-refractivity contribution in [2.24, 2.45) is 17.8 Å². The van der Waals surface area contributed by atoms with E-state index in [9.17, 15) is 19.7 Å². The third-order valence-corrected chi connectivity index (χ3v) is 9.76. The summed E-state index contributed by atoms with van der Waals surface area (Å²) >= 11 is 2.10. The van der Waals surface area contributed by atoms with Crippen LogP contribution in [-0.4, -0.2) is 42.0 Å². The summed E-state index contributed by atoms with van der Waals surface area (Å²) in [6.45, 7) is 2.05. The van der Waals surface area contributed by atoms with E-state index < -0.39 is 19.0 Å². The molecule has 1 fully saturated rings. The van der Waals surface area contributed by atoms with Crippen molar-refractivity contribution < 1.29 is 29.1 Å². The van der Waals surface area contributed by atoms with E-state index in [2.05, 4.69) is 40.8 Å². The van der Waals surface area contributed by atoms with Crippen molar-refractivity contribution in [2.45, 2.75) is 38.6 Å². The summed E-state index contributed by atoms with van der Waals surface area (Å²) in [6.07, 6.45) is 3.80. The Bertz CT molecular complexity index is 1610. The molecule has 0 aromatic heterocycles. The first-order chi connectivity index (χ1) is 20.3. The van der Waals surface area contributed by atoms with E-state index in [0.717, 1.165) is 27.8 Å². The molecule has 2 N–H and O–H groups in total. The molecule has 3 aliphatic rings. The van der Waals surface area contributed by atoms with E-state index >= 15 is 0 Å². The lowest BCUT2D eigenvalue weighted by Gasteiger charge is -2.47. The van der Waals surface area contributed by atoms with Gasteiger partial charge in [-0.2, -0.15) is 0 Å². The number of carbonyl (C=O) groups is 2. The maximum absolute atomic E-state index is 13.8. The fourth-order valence-electron chi connectivity index (χ4n) is 7.10. The third kappa shape index (κ3) is 5.25. The first-order valence-electron chi connectivity index (χ1n) is 14.3. The van der Waals surface area contributed by atoms with Crippen molar-refractivity contribution in [1.29, 1.82) is 0 Å². The molecule has 0 amide bonds. The number of phenolic OH excluding ortho intramolecular Hbond substituents is 1. The molecule has 214 valence electrons. The highest BCUT2D eigenvalue weighted by molar-refractivity contribution is 14.1. The van der Waals surface area contributed by atoms with E-state index in [1.54, 1.807) is 18.2 Å². The quantitative estimate of drug-likeness (QED) is 0.129. The van der Waals surface area contributed by atoms with Crippen molar-refractivity contribution in [2.75, 3.05) is 7.11 Å². The number of hydrogen-bond donors (Lipinski definition) is 2. The molecule has 42 heavy (non-hydrogen) atoms. The first kappa shape index (κ1) is 28.9. The molecule has 0 saturated carbocycles.